The largest absolute Gasteiger partial charge is 0.433 e. The minimum atomic E-state index is -2.97. The number of aryl methyl sites for hydroxylation is 1. The molecule has 2 heterocycles. The summed E-state index contributed by atoms with van der Waals surface area (Å²) in [6, 6.07) is 3.15. The number of thiophene rings is 1. The number of carbonyl (C=O) groups is 1. The number of ether oxygens (including phenoxy) is 1. The molecule has 126 valence electrons. The predicted octanol–water partition coefficient (Wildman–Crippen LogP) is 4.22. The fraction of sp³-hybridized carbons (Fsp3) is 0.467. The lowest BCUT2D eigenvalue weighted by Gasteiger charge is -2.15. The highest BCUT2D eigenvalue weighted by atomic mass is 32.1. The number of alkyl halides is 2. The monoisotopic (exact) mass is 343 g/mol. The van der Waals surface area contributed by atoms with E-state index in [0.29, 0.717) is 10.7 Å². The van der Waals surface area contributed by atoms with E-state index in [-0.39, 0.29) is 16.0 Å². The van der Waals surface area contributed by atoms with Gasteiger partial charge in [-0.1, -0.05) is 20.8 Å². The number of nitrogens with zero attached hydrogens (tertiary/aromatic N) is 1. The topological polar surface area (TPSA) is 67.0 Å². The van der Waals surface area contributed by atoms with Gasteiger partial charge in [-0.3, -0.25) is 9.89 Å². The molecule has 5 nitrogen and oxygen atoms in total. The average Bonchev–Trinajstić information content (AvgIpc) is 2.93. The third-order valence-corrected chi connectivity index (χ3v) is 3.87. The zero-order chi connectivity index (χ0) is 17.2. The zero-order valence-electron chi connectivity index (χ0n) is 13.4. The van der Waals surface area contributed by atoms with Crippen molar-refractivity contribution in [2.75, 3.05) is 5.32 Å². The summed E-state index contributed by atoms with van der Waals surface area (Å²) in [6.07, 6.45) is 0.772. The SMILES string of the molecule is Cc1cc(OC(F)F)c(C(=O)Nc2cc(CC(C)(C)C)[nH]n2)s1. The third-order valence-electron chi connectivity index (χ3n) is 2.84. The molecule has 2 aromatic heterocycles. The molecular formula is C15H19F2N3O2S. The molecule has 0 aliphatic carbocycles. The van der Waals surface area contributed by atoms with Crippen LogP contribution in [0.4, 0.5) is 14.6 Å². The van der Waals surface area contributed by atoms with Crippen LogP contribution in [0.1, 0.15) is 41.0 Å². The highest BCUT2D eigenvalue weighted by Gasteiger charge is 2.20. The van der Waals surface area contributed by atoms with Crippen LogP contribution in [0.15, 0.2) is 12.1 Å². The molecule has 0 saturated carbocycles. The summed E-state index contributed by atoms with van der Waals surface area (Å²) in [5.74, 6) is -0.290. The first-order chi connectivity index (χ1) is 10.6. The van der Waals surface area contributed by atoms with Gasteiger partial charge in [-0.25, -0.2) is 0 Å². The first kappa shape index (κ1) is 17.4. The van der Waals surface area contributed by atoms with E-state index in [1.807, 2.05) is 0 Å². The summed E-state index contributed by atoms with van der Waals surface area (Å²) in [7, 11) is 0. The fourth-order valence-electron chi connectivity index (χ4n) is 2.09. The second-order valence-corrected chi connectivity index (χ2v) is 7.66. The lowest BCUT2D eigenvalue weighted by atomic mass is 9.91. The maximum Gasteiger partial charge on any atom is 0.387 e. The first-order valence-electron chi connectivity index (χ1n) is 7.05. The Morgan fingerprint density at radius 1 is 1.43 bits per heavy atom. The number of carbonyl (C=O) groups excluding carboxylic acids is 1. The van der Waals surface area contributed by atoms with Gasteiger partial charge in [0, 0.05) is 16.6 Å². The molecule has 0 spiro atoms. The van der Waals surface area contributed by atoms with Crippen molar-refractivity contribution in [2.24, 2.45) is 5.41 Å². The van der Waals surface area contributed by atoms with Gasteiger partial charge in [0.15, 0.2) is 5.82 Å². The number of nitrogens with one attached hydrogen (secondary N) is 2. The van der Waals surface area contributed by atoms with E-state index in [1.54, 1.807) is 13.0 Å². The van der Waals surface area contributed by atoms with Crippen LogP contribution < -0.4 is 10.1 Å². The van der Waals surface area contributed by atoms with Crippen molar-refractivity contribution < 1.29 is 18.3 Å². The number of aromatic nitrogens is 2. The van der Waals surface area contributed by atoms with Gasteiger partial charge < -0.3 is 10.1 Å². The lowest BCUT2D eigenvalue weighted by molar-refractivity contribution is -0.0498. The molecule has 2 aromatic rings. The quantitative estimate of drug-likeness (QED) is 0.854. The summed E-state index contributed by atoms with van der Waals surface area (Å²) in [5.41, 5.74) is 0.968. The number of hydrogen-bond donors (Lipinski definition) is 2. The molecule has 0 bridgehead atoms. The average molecular weight is 343 g/mol. The maximum absolute atomic E-state index is 12.4. The highest BCUT2D eigenvalue weighted by molar-refractivity contribution is 7.14. The van der Waals surface area contributed by atoms with Crippen molar-refractivity contribution in [3.63, 3.8) is 0 Å². The molecule has 0 saturated heterocycles. The zero-order valence-corrected chi connectivity index (χ0v) is 14.2. The summed E-state index contributed by atoms with van der Waals surface area (Å²) < 4.78 is 29.2. The molecule has 0 radical (unpaired) electrons. The number of amides is 1. The van der Waals surface area contributed by atoms with E-state index in [0.717, 1.165) is 23.5 Å². The van der Waals surface area contributed by atoms with Crippen LogP contribution in [-0.2, 0) is 6.42 Å². The highest BCUT2D eigenvalue weighted by Crippen LogP contribution is 2.31. The van der Waals surface area contributed by atoms with E-state index in [1.165, 1.54) is 6.07 Å². The van der Waals surface area contributed by atoms with Crippen LogP contribution in [0.5, 0.6) is 5.75 Å². The Morgan fingerprint density at radius 2 is 2.13 bits per heavy atom. The Labute approximate surface area is 137 Å². The van der Waals surface area contributed by atoms with Gasteiger partial charge in [0.1, 0.15) is 10.6 Å². The van der Waals surface area contributed by atoms with Crippen LogP contribution in [0.2, 0.25) is 0 Å². The van der Waals surface area contributed by atoms with Crippen LogP contribution >= 0.6 is 11.3 Å². The second-order valence-electron chi connectivity index (χ2n) is 6.40. The van der Waals surface area contributed by atoms with E-state index in [9.17, 15) is 13.6 Å². The van der Waals surface area contributed by atoms with Crippen molar-refractivity contribution in [2.45, 2.75) is 40.7 Å². The van der Waals surface area contributed by atoms with Gasteiger partial charge in [0.2, 0.25) is 0 Å². The summed E-state index contributed by atoms with van der Waals surface area (Å²) in [6.45, 7) is 5.02. The molecule has 1 amide bonds. The third kappa shape index (κ3) is 5.02. The Balaban J connectivity index is 2.10. The normalized spacial score (nSPS) is 11.8. The molecule has 8 heteroatoms. The molecule has 2 N–H and O–H groups in total. The fourth-order valence-corrected chi connectivity index (χ4v) is 2.93. The summed E-state index contributed by atoms with van der Waals surface area (Å²) in [5, 5.41) is 9.48. The number of anilines is 1. The van der Waals surface area contributed by atoms with Crippen molar-refractivity contribution >= 4 is 23.1 Å². The van der Waals surface area contributed by atoms with Crippen molar-refractivity contribution in [3.05, 3.63) is 27.6 Å². The minimum Gasteiger partial charge on any atom is -0.433 e. The molecule has 0 aliphatic heterocycles. The van der Waals surface area contributed by atoms with Crippen LogP contribution in [0.25, 0.3) is 0 Å². The Hall–Kier alpha value is -1.96. The summed E-state index contributed by atoms with van der Waals surface area (Å²) in [4.78, 5) is 13.1. The number of H-pyrrole nitrogens is 1. The van der Waals surface area contributed by atoms with Gasteiger partial charge in [-0.2, -0.15) is 13.9 Å². The second kappa shape index (κ2) is 6.66. The lowest BCUT2D eigenvalue weighted by Crippen LogP contribution is -2.13. The molecule has 2 rings (SSSR count). The Kier molecular flexibility index (Phi) is 5.03. The first-order valence-corrected chi connectivity index (χ1v) is 7.86. The van der Waals surface area contributed by atoms with E-state index in [2.05, 4.69) is 41.0 Å². The molecule has 0 fully saturated rings. The van der Waals surface area contributed by atoms with Gasteiger partial charge in [-0.05, 0) is 24.8 Å². The van der Waals surface area contributed by atoms with Crippen molar-refractivity contribution in [3.8, 4) is 5.75 Å². The van der Waals surface area contributed by atoms with Gasteiger partial charge in [-0.15, -0.1) is 11.3 Å². The van der Waals surface area contributed by atoms with Crippen molar-refractivity contribution in [1.29, 1.82) is 0 Å². The predicted molar refractivity (Wildman–Crippen MR) is 85.4 cm³/mol. The molecular weight excluding hydrogens is 324 g/mol. The number of aromatic amines is 1. The summed E-state index contributed by atoms with van der Waals surface area (Å²) >= 11 is 1.09. The van der Waals surface area contributed by atoms with Crippen molar-refractivity contribution in [1.82, 2.24) is 10.2 Å². The van der Waals surface area contributed by atoms with E-state index >= 15 is 0 Å². The Morgan fingerprint density at radius 3 is 2.74 bits per heavy atom. The Bertz CT molecular complexity index is 689. The van der Waals surface area contributed by atoms with Gasteiger partial charge >= 0.3 is 6.61 Å². The van der Waals surface area contributed by atoms with Crippen LogP contribution in [0, 0.1) is 12.3 Å². The number of rotatable bonds is 5. The molecule has 0 aromatic carbocycles. The van der Waals surface area contributed by atoms with Gasteiger partial charge in [0.25, 0.3) is 5.91 Å². The van der Waals surface area contributed by atoms with Crippen LogP contribution in [0.3, 0.4) is 0 Å². The van der Waals surface area contributed by atoms with Crippen LogP contribution in [-0.4, -0.2) is 22.7 Å². The minimum absolute atomic E-state index is 0.0803. The molecule has 0 aliphatic rings. The maximum atomic E-state index is 12.4. The molecule has 23 heavy (non-hydrogen) atoms. The van der Waals surface area contributed by atoms with Gasteiger partial charge in [0.05, 0.1) is 0 Å². The smallest absolute Gasteiger partial charge is 0.387 e. The number of hydrogen-bond acceptors (Lipinski definition) is 4. The van der Waals surface area contributed by atoms with E-state index in [4.69, 9.17) is 0 Å². The molecule has 0 atom stereocenters. The standard InChI is InChI=1S/C15H19F2N3O2S/c1-8-5-10(22-14(16)17)12(23-8)13(21)18-11-6-9(19-20-11)7-15(2,3)4/h5-6,14H,7H2,1-4H3,(H2,18,19,20,21). The molecule has 0 unspecified atom stereocenters. The van der Waals surface area contributed by atoms with E-state index < -0.39 is 12.5 Å². The number of halogens is 2.